The van der Waals surface area contributed by atoms with E-state index in [1.165, 1.54) is 0 Å². The van der Waals surface area contributed by atoms with Crippen molar-refractivity contribution < 1.29 is 19.4 Å². The van der Waals surface area contributed by atoms with Crippen LogP contribution in [0.3, 0.4) is 0 Å². The van der Waals surface area contributed by atoms with Gasteiger partial charge in [0.15, 0.2) is 0 Å². The first kappa shape index (κ1) is 25.1. The number of anilines is 2. The van der Waals surface area contributed by atoms with E-state index < -0.39 is 0 Å². The van der Waals surface area contributed by atoms with Gasteiger partial charge >= 0.3 is 0 Å². The van der Waals surface area contributed by atoms with Gasteiger partial charge in [0.1, 0.15) is 5.75 Å². The average molecular weight is 504 g/mol. The molecule has 1 amide bonds. The Morgan fingerprint density at radius 1 is 1.22 bits per heavy atom. The lowest BCUT2D eigenvalue weighted by Crippen LogP contribution is -2.35. The Morgan fingerprint density at radius 3 is 2.95 bits per heavy atom. The zero-order valence-corrected chi connectivity index (χ0v) is 21.3. The Morgan fingerprint density at radius 2 is 2.11 bits per heavy atom. The molecule has 2 aliphatic rings. The number of carbonyl (C=O) groups is 1. The average Bonchev–Trinajstić information content (AvgIpc) is 3.07. The number of aryl methyl sites for hydroxylation is 1. The molecule has 37 heavy (non-hydrogen) atoms. The first-order chi connectivity index (χ1) is 18.0. The van der Waals surface area contributed by atoms with Gasteiger partial charge in [0.25, 0.3) is 5.91 Å². The van der Waals surface area contributed by atoms with Crippen LogP contribution in [0.25, 0.3) is 11.3 Å². The van der Waals surface area contributed by atoms with E-state index in [1.807, 2.05) is 12.3 Å². The molecule has 194 valence electrons. The minimum Gasteiger partial charge on any atom is -0.495 e. The number of nitrogens with zero attached hydrogens (tertiary/aromatic N) is 3. The summed E-state index contributed by atoms with van der Waals surface area (Å²) < 4.78 is 11.1. The Bertz CT molecular complexity index is 1280. The number of ether oxygens (including phenoxy) is 2. The summed E-state index contributed by atoms with van der Waals surface area (Å²) in [6.45, 7) is 3.57. The van der Waals surface area contributed by atoms with Crippen LogP contribution in [0.2, 0.25) is 0 Å². The maximum Gasteiger partial charge on any atom is 0.251 e. The summed E-state index contributed by atoms with van der Waals surface area (Å²) in [5, 5.41) is 16.3. The van der Waals surface area contributed by atoms with Crippen molar-refractivity contribution >= 4 is 17.5 Å². The monoisotopic (exact) mass is 503 g/mol. The van der Waals surface area contributed by atoms with Crippen LogP contribution in [0, 0.1) is 0 Å². The SMILES string of the molecule is COc1cc(C(=O)NC2CCCOCC2)ccc1Nc1nccc(-c2cnc3c(c2)C(C)(CO)CC3)n1. The zero-order valence-electron chi connectivity index (χ0n) is 21.3. The molecule has 9 nitrogen and oxygen atoms in total. The molecule has 5 rings (SSSR count). The van der Waals surface area contributed by atoms with Crippen molar-refractivity contribution in [3.8, 4) is 17.0 Å². The standard InChI is InChI=1S/C28H33N5O4/c1-28(17-34)10-7-23-21(28)14-19(16-30-23)22-8-11-29-27(32-22)33-24-6-5-18(15-25(24)36-2)26(35)31-20-4-3-12-37-13-9-20/h5-6,8,11,14-16,20,34H,3-4,7,9-10,12-13,17H2,1-2H3,(H,31,35)(H,29,32,33). The number of amides is 1. The molecule has 3 aromatic rings. The molecule has 2 aromatic heterocycles. The van der Waals surface area contributed by atoms with Gasteiger partial charge in [0.2, 0.25) is 5.95 Å². The Kier molecular flexibility index (Phi) is 7.34. The number of aliphatic hydroxyl groups is 1. The summed E-state index contributed by atoms with van der Waals surface area (Å²) >= 11 is 0. The van der Waals surface area contributed by atoms with E-state index in [0.717, 1.165) is 61.2 Å². The molecular weight excluding hydrogens is 470 g/mol. The number of fused-ring (bicyclic) bond motifs is 1. The van der Waals surface area contributed by atoms with Gasteiger partial charge in [-0.15, -0.1) is 0 Å². The van der Waals surface area contributed by atoms with Crippen LogP contribution in [0.1, 0.15) is 54.2 Å². The van der Waals surface area contributed by atoms with E-state index in [2.05, 4.69) is 38.6 Å². The minimum atomic E-state index is -0.280. The fourth-order valence-corrected chi connectivity index (χ4v) is 5.00. The summed E-state index contributed by atoms with van der Waals surface area (Å²) in [4.78, 5) is 26.5. The Hall–Kier alpha value is -3.56. The summed E-state index contributed by atoms with van der Waals surface area (Å²) in [6, 6.07) is 9.30. The van der Waals surface area contributed by atoms with E-state index >= 15 is 0 Å². The zero-order chi connectivity index (χ0) is 25.8. The maximum atomic E-state index is 12.8. The second-order valence-electron chi connectivity index (χ2n) is 9.96. The molecule has 3 N–H and O–H groups in total. The van der Waals surface area contributed by atoms with Gasteiger partial charge in [-0.05, 0) is 68.0 Å². The molecule has 1 aliphatic carbocycles. The first-order valence-corrected chi connectivity index (χ1v) is 12.8. The van der Waals surface area contributed by atoms with Crippen LogP contribution < -0.4 is 15.4 Å². The number of benzene rings is 1. The van der Waals surface area contributed by atoms with Crippen molar-refractivity contribution in [2.75, 3.05) is 32.2 Å². The van der Waals surface area contributed by atoms with Crippen molar-refractivity contribution in [2.45, 2.75) is 50.5 Å². The highest BCUT2D eigenvalue weighted by Gasteiger charge is 2.35. The van der Waals surface area contributed by atoms with Crippen molar-refractivity contribution in [3.63, 3.8) is 0 Å². The number of nitrogens with one attached hydrogen (secondary N) is 2. The molecule has 3 heterocycles. The molecule has 2 unspecified atom stereocenters. The molecule has 0 radical (unpaired) electrons. The molecule has 1 aromatic carbocycles. The molecule has 0 bridgehead atoms. The number of methoxy groups -OCH3 is 1. The lowest BCUT2D eigenvalue weighted by Gasteiger charge is -2.22. The van der Waals surface area contributed by atoms with E-state index in [1.54, 1.807) is 31.5 Å². The number of aliphatic hydroxyl groups excluding tert-OH is 1. The van der Waals surface area contributed by atoms with Crippen molar-refractivity contribution in [3.05, 3.63) is 59.5 Å². The highest BCUT2D eigenvalue weighted by atomic mass is 16.5. The topological polar surface area (TPSA) is 118 Å². The van der Waals surface area contributed by atoms with Crippen LogP contribution in [-0.4, -0.2) is 58.9 Å². The molecule has 0 saturated carbocycles. The van der Waals surface area contributed by atoms with E-state index in [9.17, 15) is 9.90 Å². The van der Waals surface area contributed by atoms with Gasteiger partial charge in [-0.1, -0.05) is 6.92 Å². The largest absolute Gasteiger partial charge is 0.495 e. The number of pyridine rings is 1. The number of hydrogen-bond donors (Lipinski definition) is 3. The third-order valence-corrected chi connectivity index (χ3v) is 7.33. The fraction of sp³-hybridized carbons (Fsp3) is 0.429. The maximum absolute atomic E-state index is 12.8. The van der Waals surface area contributed by atoms with E-state index in [4.69, 9.17) is 9.47 Å². The number of rotatable bonds is 7. The van der Waals surface area contributed by atoms with Crippen LogP contribution in [0.4, 0.5) is 11.6 Å². The summed E-state index contributed by atoms with van der Waals surface area (Å²) in [7, 11) is 1.57. The van der Waals surface area contributed by atoms with Gasteiger partial charge in [0, 0.05) is 53.9 Å². The number of carbonyl (C=O) groups excluding carboxylic acids is 1. The number of hydrogen-bond acceptors (Lipinski definition) is 8. The predicted octanol–water partition coefficient (Wildman–Crippen LogP) is 3.79. The second-order valence-corrected chi connectivity index (χ2v) is 9.96. The number of aromatic nitrogens is 3. The van der Waals surface area contributed by atoms with Crippen LogP contribution in [-0.2, 0) is 16.6 Å². The molecular formula is C28H33N5O4. The predicted molar refractivity (Wildman–Crippen MR) is 140 cm³/mol. The first-order valence-electron chi connectivity index (χ1n) is 12.8. The molecule has 9 heteroatoms. The normalized spacial score (nSPS) is 21.1. The third kappa shape index (κ3) is 5.42. The lowest BCUT2D eigenvalue weighted by molar-refractivity contribution is 0.0929. The van der Waals surface area contributed by atoms with Gasteiger partial charge in [0.05, 0.1) is 25.1 Å². The molecule has 0 spiro atoms. The minimum absolute atomic E-state index is 0.0879. The highest BCUT2D eigenvalue weighted by Crippen LogP contribution is 2.39. The third-order valence-electron chi connectivity index (χ3n) is 7.33. The fourth-order valence-electron chi connectivity index (χ4n) is 5.00. The van der Waals surface area contributed by atoms with Crippen LogP contribution >= 0.6 is 0 Å². The molecule has 2 atom stereocenters. The molecule has 1 aliphatic heterocycles. The highest BCUT2D eigenvalue weighted by molar-refractivity contribution is 5.95. The van der Waals surface area contributed by atoms with Crippen molar-refractivity contribution in [1.29, 1.82) is 0 Å². The summed E-state index contributed by atoms with van der Waals surface area (Å²) in [5.74, 6) is 0.787. The van der Waals surface area contributed by atoms with Gasteiger partial charge in [-0.2, -0.15) is 0 Å². The lowest BCUT2D eigenvalue weighted by atomic mass is 9.85. The van der Waals surface area contributed by atoms with E-state index in [-0.39, 0.29) is 24.0 Å². The van der Waals surface area contributed by atoms with Crippen molar-refractivity contribution in [1.82, 2.24) is 20.3 Å². The second kappa shape index (κ2) is 10.8. The quantitative estimate of drug-likeness (QED) is 0.446. The van der Waals surface area contributed by atoms with Gasteiger partial charge < -0.3 is 25.2 Å². The Balaban J connectivity index is 1.33. The summed E-state index contributed by atoms with van der Waals surface area (Å²) in [5.41, 5.74) is 4.60. The summed E-state index contributed by atoms with van der Waals surface area (Å²) in [6.07, 6.45) is 7.93. The molecule has 1 saturated heterocycles. The smallest absolute Gasteiger partial charge is 0.251 e. The Labute approximate surface area is 216 Å². The van der Waals surface area contributed by atoms with Crippen molar-refractivity contribution in [2.24, 2.45) is 0 Å². The molecule has 1 fully saturated rings. The van der Waals surface area contributed by atoms with Gasteiger partial charge in [-0.25, -0.2) is 9.97 Å². The van der Waals surface area contributed by atoms with Crippen LogP contribution in [0.5, 0.6) is 5.75 Å². The van der Waals surface area contributed by atoms with Gasteiger partial charge in [-0.3, -0.25) is 9.78 Å². The van der Waals surface area contributed by atoms with Crippen LogP contribution in [0.15, 0.2) is 42.7 Å². The van der Waals surface area contributed by atoms with E-state index in [0.29, 0.717) is 29.6 Å².